The molecule has 80 valence electrons. The van der Waals surface area contributed by atoms with Crippen LogP contribution in [0.15, 0.2) is 27.6 Å². The van der Waals surface area contributed by atoms with Gasteiger partial charge in [0.25, 0.3) is 5.89 Å². The van der Waals surface area contributed by atoms with Gasteiger partial charge in [-0.3, -0.25) is 4.40 Å². The molecule has 3 rings (SSSR count). The van der Waals surface area contributed by atoms with Crippen LogP contribution in [0.25, 0.3) is 17.1 Å². The molecule has 3 aromatic rings. The fourth-order valence-electron chi connectivity index (χ4n) is 1.45. The van der Waals surface area contributed by atoms with Gasteiger partial charge >= 0.3 is 5.69 Å². The van der Waals surface area contributed by atoms with Gasteiger partial charge in [0.15, 0.2) is 11.5 Å². The highest BCUT2D eigenvalue weighted by molar-refractivity contribution is 5.59. The Balaban J connectivity index is 2.22. The molecule has 3 aromatic heterocycles. The highest BCUT2D eigenvalue weighted by atomic mass is 16.5. The van der Waals surface area contributed by atoms with Crippen LogP contribution in [0.4, 0.5) is 0 Å². The third-order valence-electron chi connectivity index (χ3n) is 2.19. The molecule has 16 heavy (non-hydrogen) atoms. The fraction of sp³-hybridized carbons (Fsp3) is 0.111. The number of nitrogens with one attached hydrogen (secondary N) is 1. The number of aromatic nitrogens is 5. The van der Waals surface area contributed by atoms with E-state index in [0.29, 0.717) is 17.4 Å². The maximum absolute atomic E-state index is 11.2. The minimum Gasteiger partial charge on any atom is -0.334 e. The summed E-state index contributed by atoms with van der Waals surface area (Å²) in [6, 6.07) is 3.42. The first kappa shape index (κ1) is 8.84. The molecule has 0 aliphatic heterocycles. The molecule has 1 N–H and O–H groups in total. The van der Waals surface area contributed by atoms with Crippen molar-refractivity contribution in [2.75, 3.05) is 0 Å². The van der Waals surface area contributed by atoms with Crippen molar-refractivity contribution in [2.45, 2.75) is 6.92 Å². The second kappa shape index (κ2) is 3.02. The van der Waals surface area contributed by atoms with E-state index in [0.717, 1.165) is 5.56 Å². The number of hydrogen-bond donors (Lipinski definition) is 1. The van der Waals surface area contributed by atoms with Gasteiger partial charge in [-0.15, -0.1) is 0 Å². The van der Waals surface area contributed by atoms with Crippen LogP contribution < -0.4 is 5.69 Å². The van der Waals surface area contributed by atoms with Gasteiger partial charge in [0, 0.05) is 11.8 Å². The van der Waals surface area contributed by atoms with Gasteiger partial charge in [0.2, 0.25) is 0 Å². The van der Waals surface area contributed by atoms with Crippen LogP contribution in [0, 0.1) is 6.92 Å². The molecule has 0 unspecified atom stereocenters. The Labute approximate surface area is 88.7 Å². The van der Waals surface area contributed by atoms with Crippen molar-refractivity contribution in [2.24, 2.45) is 0 Å². The Hall–Kier alpha value is -2.44. The third kappa shape index (κ3) is 1.22. The number of pyridine rings is 1. The highest BCUT2D eigenvalue weighted by Gasteiger charge is 2.08. The normalized spacial score (nSPS) is 11.1. The Morgan fingerprint density at radius 1 is 1.50 bits per heavy atom. The third-order valence-corrected chi connectivity index (χ3v) is 2.19. The van der Waals surface area contributed by atoms with E-state index in [2.05, 4.69) is 20.3 Å². The molecule has 0 fully saturated rings. The van der Waals surface area contributed by atoms with Gasteiger partial charge in [-0.25, -0.2) is 9.89 Å². The number of aryl methyl sites for hydroxylation is 1. The van der Waals surface area contributed by atoms with Gasteiger partial charge in [-0.05, 0) is 19.1 Å². The molecular formula is C9H7N5O2. The lowest BCUT2D eigenvalue weighted by Gasteiger charge is -1.94. The lowest BCUT2D eigenvalue weighted by molar-refractivity contribution is 0.425. The zero-order valence-electron chi connectivity index (χ0n) is 8.34. The summed E-state index contributed by atoms with van der Waals surface area (Å²) in [6.07, 6.45) is 1.61. The molecule has 0 saturated carbocycles. The van der Waals surface area contributed by atoms with Crippen LogP contribution in [0.1, 0.15) is 5.82 Å². The van der Waals surface area contributed by atoms with Crippen LogP contribution in [-0.4, -0.2) is 24.7 Å². The van der Waals surface area contributed by atoms with Crippen molar-refractivity contribution >= 4 is 5.65 Å². The van der Waals surface area contributed by atoms with E-state index < -0.39 is 0 Å². The summed E-state index contributed by atoms with van der Waals surface area (Å²) < 4.78 is 6.42. The number of H-pyrrole nitrogens is 1. The molecule has 0 saturated heterocycles. The van der Waals surface area contributed by atoms with Crippen molar-refractivity contribution in [3.63, 3.8) is 0 Å². The average Bonchev–Trinajstić information content (AvgIpc) is 2.86. The first-order valence-corrected chi connectivity index (χ1v) is 4.61. The van der Waals surface area contributed by atoms with Gasteiger partial charge in [0.05, 0.1) is 0 Å². The zero-order valence-corrected chi connectivity index (χ0v) is 8.34. The summed E-state index contributed by atoms with van der Waals surface area (Å²) in [5.41, 5.74) is 0.966. The van der Waals surface area contributed by atoms with Gasteiger partial charge in [-0.1, -0.05) is 5.16 Å². The van der Waals surface area contributed by atoms with Crippen molar-refractivity contribution < 1.29 is 4.52 Å². The number of rotatable bonds is 1. The Morgan fingerprint density at radius 3 is 3.12 bits per heavy atom. The molecule has 0 amide bonds. The lowest BCUT2D eigenvalue weighted by atomic mass is 10.2. The minimum absolute atomic E-state index is 0.275. The lowest BCUT2D eigenvalue weighted by Crippen LogP contribution is -2.08. The van der Waals surface area contributed by atoms with Crippen LogP contribution in [0.5, 0.6) is 0 Å². The quantitative estimate of drug-likeness (QED) is 0.636. The minimum atomic E-state index is -0.275. The summed E-state index contributed by atoms with van der Waals surface area (Å²) in [6.45, 7) is 1.74. The number of hydrogen-bond acceptors (Lipinski definition) is 5. The molecule has 7 heteroatoms. The largest absolute Gasteiger partial charge is 0.347 e. The first-order chi connectivity index (χ1) is 7.74. The second-order valence-corrected chi connectivity index (χ2v) is 3.32. The molecule has 0 aliphatic carbocycles. The van der Waals surface area contributed by atoms with Gasteiger partial charge < -0.3 is 4.52 Å². The smallest absolute Gasteiger partial charge is 0.334 e. The van der Waals surface area contributed by atoms with Crippen LogP contribution in [0.3, 0.4) is 0 Å². The van der Waals surface area contributed by atoms with Crippen LogP contribution in [-0.2, 0) is 0 Å². The number of nitrogens with zero attached hydrogens (tertiary/aromatic N) is 4. The summed E-state index contributed by atoms with van der Waals surface area (Å²) in [5.74, 6) is 0.977. The van der Waals surface area contributed by atoms with E-state index >= 15 is 0 Å². The topological polar surface area (TPSA) is 89.1 Å². The number of aromatic amines is 1. The summed E-state index contributed by atoms with van der Waals surface area (Å²) >= 11 is 0. The SMILES string of the molecule is Cc1noc(-c2ccn3c(=O)[nH]nc3c2)n1. The summed E-state index contributed by atoms with van der Waals surface area (Å²) in [4.78, 5) is 15.3. The maximum Gasteiger partial charge on any atom is 0.347 e. The molecule has 0 bridgehead atoms. The molecule has 0 radical (unpaired) electrons. The predicted molar refractivity (Wildman–Crippen MR) is 53.8 cm³/mol. The van der Waals surface area contributed by atoms with Crippen LogP contribution >= 0.6 is 0 Å². The van der Waals surface area contributed by atoms with E-state index in [1.807, 2.05) is 0 Å². The Kier molecular flexibility index (Phi) is 1.67. The van der Waals surface area contributed by atoms with Crippen molar-refractivity contribution in [3.8, 4) is 11.5 Å². The highest BCUT2D eigenvalue weighted by Crippen LogP contribution is 2.17. The number of fused-ring (bicyclic) bond motifs is 1. The summed E-state index contributed by atoms with van der Waals surface area (Å²) in [5, 5.41) is 9.89. The fourth-order valence-corrected chi connectivity index (χ4v) is 1.45. The average molecular weight is 217 g/mol. The van der Waals surface area contributed by atoms with Gasteiger partial charge in [-0.2, -0.15) is 10.1 Å². The van der Waals surface area contributed by atoms with Crippen molar-refractivity contribution in [1.82, 2.24) is 24.7 Å². The molecule has 3 heterocycles. The predicted octanol–water partition coefficient (Wildman–Crippen LogP) is 0.381. The van der Waals surface area contributed by atoms with Gasteiger partial charge in [0.1, 0.15) is 0 Å². The standard InChI is InChI=1S/C9H7N5O2/c1-5-10-8(16-13-5)6-2-3-14-7(4-6)11-12-9(14)15/h2-4H,1H3,(H,12,15). The van der Waals surface area contributed by atoms with Crippen molar-refractivity contribution in [1.29, 1.82) is 0 Å². The molecule has 0 aliphatic rings. The van der Waals surface area contributed by atoms with E-state index in [1.54, 1.807) is 25.3 Å². The summed E-state index contributed by atoms with van der Waals surface area (Å²) in [7, 11) is 0. The monoisotopic (exact) mass is 217 g/mol. The second-order valence-electron chi connectivity index (χ2n) is 3.32. The van der Waals surface area contributed by atoms with E-state index in [9.17, 15) is 4.79 Å². The molecular weight excluding hydrogens is 210 g/mol. The van der Waals surface area contributed by atoms with E-state index in [-0.39, 0.29) is 5.69 Å². The van der Waals surface area contributed by atoms with E-state index in [4.69, 9.17) is 4.52 Å². The molecule has 0 spiro atoms. The molecule has 7 nitrogen and oxygen atoms in total. The molecule has 0 atom stereocenters. The first-order valence-electron chi connectivity index (χ1n) is 4.61. The van der Waals surface area contributed by atoms with Crippen molar-refractivity contribution in [3.05, 3.63) is 34.6 Å². The van der Waals surface area contributed by atoms with Crippen LogP contribution in [0.2, 0.25) is 0 Å². The maximum atomic E-state index is 11.2. The Bertz CT molecular complexity index is 708. The molecule has 0 aromatic carbocycles. The Morgan fingerprint density at radius 2 is 2.38 bits per heavy atom. The zero-order chi connectivity index (χ0) is 11.1. The van der Waals surface area contributed by atoms with E-state index in [1.165, 1.54) is 4.40 Å².